The molecule has 50 heavy (non-hydrogen) atoms. The molecule has 3 heteroatoms. The summed E-state index contributed by atoms with van der Waals surface area (Å²) >= 11 is 0. The van der Waals surface area contributed by atoms with E-state index in [0.717, 1.165) is 33.8 Å². The first-order valence-corrected chi connectivity index (χ1v) is 17.3. The van der Waals surface area contributed by atoms with Gasteiger partial charge in [0.15, 0.2) is 5.82 Å². The third kappa shape index (κ3) is 4.30. The lowest BCUT2D eigenvalue weighted by molar-refractivity contribution is 0.667. The summed E-state index contributed by atoms with van der Waals surface area (Å²) in [6.45, 7) is 4.76. The van der Waals surface area contributed by atoms with E-state index in [1.165, 1.54) is 54.8 Å². The maximum Gasteiger partial charge on any atom is 0.160 e. The molecule has 0 saturated heterocycles. The fourth-order valence-corrected chi connectivity index (χ4v) is 8.21. The van der Waals surface area contributed by atoms with Gasteiger partial charge in [0.05, 0.1) is 22.4 Å². The van der Waals surface area contributed by atoms with E-state index in [1.807, 2.05) is 12.1 Å². The molecule has 0 atom stereocenters. The van der Waals surface area contributed by atoms with Crippen LogP contribution in [0.4, 0.5) is 0 Å². The highest BCUT2D eigenvalue weighted by molar-refractivity contribution is 6.12. The Morgan fingerprint density at radius 1 is 0.460 bits per heavy atom. The number of aromatic nitrogens is 3. The molecule has 0 saturated carbocycles. The fraction of sp³-hybridized carbons (Fsp3) is 0.0638. The van der Waals surface area contributed by atoms with Crippen molar-refractivity contribution in [1.82, 2.24) is 14.5 Å². The van der Waals surface area contributed by atoms with Gasteiger partial charge in [-0.05, 0) is 69.4 Å². The molecule has 0 amide bonds. The number of fused-ring (bicyclic) bond motifs is 8. The first-order chi connectivity index (χ1) is 24.5. The Kier molecular flexibility index (Phi) is 6.22. The van der Waals surface area contributed by atoms with E-state index in [0.29, 0.717) is 5.82 Å². The Morgan fingerprint density at radius 3 is 1.84 bits per heavy atom. The van der Waals surface area contributed by atoms with Crippen molar-refractivity contribution < 1.29 is 0 Å². The lowest BCUT2D eigenvalue weighted by atomic mass is 9.80. The molecule has 0 fully saturated rings. The van der Waals surface area contributed by atoms with Crippen molar-refractivity contribution in [3.8, 4) is 50.7 Å². The first kappa shape index (κ1) is 28.7. The molecule has 0 radical (unpaired) electrons. The molecule has 0 spiro atoms. The predicted molar refractivity (Wildman–Crippen MR) is 208 cm³/mol. The van der Waals surface area contributed by atoms with Crippen LogP contribution in [-0.2, 0) is 5.41 Å². The van der Waals surface area contributed by atoms with Gasteiger partial charge >= 0.3 is 0 Å². The summed E-state index contributed by atoms with van der Waals surface area (Å²) < 4.78 is 2.42. The van der Waals surface area contributed by atoms with Crippen molar-refractivity contribution in [1.29, 1.82) is 0 Å². The van der Waals surface area contributed by atoms with Crippen LogP contribution in [0.25, 0.3) is 83.3 Å². The summed E-state index contributed by atoms with van der Waals surface area (Å²) in [5, 5.41) is 5.13. The van der Waals surface area contributed by atoms with Gasteiger partial charge in [-0.3, -0.25) is 0 Å². The Hall–Kier alpha value is -6.32. The fourth-order valence-electron chi connectivity index (χ4n) is 8.21. The molecule has 2 aromatic heterocycles. The Balaban J connectivity index is 1.18. The van der Waals surface area contributed by atoms with E-state index in [4.69, 9.17) is 9.97 Å². The van der Waals surface area contributed by atoms with Gasteiger partial charge in [0.25, 0.3) is 0 Å². The summed E-state index contributed by atoms with van der Waals surface area (Å²) in [6, 6.07) is 58.6. The van der Waals surface area contributed by atoms with Crippen molar-refractivity contribution in [3.05, 3.63) is 175 Å². The van der Waals surface area contributed by atoms with Gasteiger partial charge in [-0.2, -0.15) is 0 Å². The van der Waals surface area contributed by atoms with E-state index >= 15 is 0 Å². The van der Waals surface area contributed by atoms with Gasteiger partial charge in [0.2, 0.25) is 0 Å². The van der Waals surface area contributed by atoms with E-state index < -0.39 is 0 Å². The number of rotatable bonds is 4. The average Bonchev–Trinajstić information content (AvgIpc) is 3.62. The molecule has 2 heterocycles. The number of nitrogens with zero attached hydrogens (tertiary/aromatic N) is 3. The second-order valence-electron chi connectivity index (χ2n) is 13.8. The number of para-hydroxylation sites is 1. The summed E-state index contributed by atoms with van der Waals surface area (Å²) in [5.41, 5.74) is 13.7. The van der Waals surface area contributed by atoms with Crippen LogP contribution in [0, 0.1) is 0 Å². The SMILES string of the molecule is CC1(C)c2cc3c(cc2-c2ccc4ccccc4c21)c1ccccc1n3-c1cccc(-c2nc(-c3ccccc3)cc(-c3ccccc3)n2)c1. The van der Waals surface area contributed by atoms with E-state index in [9.17, 15) is 0 Å². The molecule has 0 aliphatic heterocycles. The lowest BCUT2D eigenvalue weighted by Crippen LogP contribution is -2.15. The van der Waals surface area contributed by atoms with Crippen LogP contribution in [0.5, 0.6) is 0 Å². The lowest BCUT2D eigenvalue weighted by Gasteiger charge is -2.23. The van der Waals surface area contributed by atoms with E-state index in [-0.39, 0.29) is 5.41 Å². The highest BCUT2D eigenvalue weighted by atomic mass is 15.0. The second kappa shape index (κ2) is 10.8. The standard InChI is InChI=1S/C47H33N3/c1-47(2)40-28-44-39(27-38(40)37-25-24-30-14-9-10-21-35(30)45(37)47)36-22-11-12-23-43(36)50(44)34-20-13-19-33(26-34)46-48-41(31-15-5-3-6-16-31)29-42(49-46)32-17-7-4-8-18-32/h3-29H,1-2H3. The second-order valence-corrected chi connectivity index (χ2v) is 13.8. The van der Waals surface area contributed by atoms with Crippen LogP contribution in [0.1, 0.15) is 25.0 Å². The summed E-state index contributed by atoms with van der Waals surface area (Å²) in [4.78, 5) is 10.3. The van der Waals surface area contributed by atoms with Crippen molar-refractivity contribution in [2.45, 2.75) is 19.3 Å². The van der Waals surface area contributed by atoms with Crippen LogP contribution in [0.2, 0.25) is 0 Å². The smallest absolute Gasteiger partial charge is 0.160 e. The number of benzene rings is 7. The zero-order chi connectivity index (χ0) is 33.4. The van der Waals surface area contributed by atoms with Gasteiger partial charge in [-0.1, -0.05) is 141 Å². The molecule has 3 nitrogen and oxygen atoms in total. The minimum Gasteiger partial charge on any atom is -0.309 e. The molecule has 7 aromatic carbocycles. The number of hydrogen-bond acceptors (Lipinski definition) is 2. The van der Waals surface area contributed by atoms with Crippen LogP contribution in [0.15, 0.2) is 164 Å². The molecule has 9 aromatic rings. The van der Waals surface area contributed by atoms with Crippen LogP contribution in [0.3, 0.4) is 0 Å². The summed E-state index contributed by atoms with van der Waals surface area (Å²) in [6.07, 6.45) is 0. The van der Waals surface area contributed by atoms with E-state index in [2.05, 4.69) is 170 Å². The monoisotopic (exact) mass is 639 g/mol. The van der Waals surface area contributed by atoms with Crippen molar-refractivity contribution in [3.63, 3.8) is 0 Å². The summed E-state index contributed by atoms with van der Waals surface area (Å²) in [7, 11) is 0. The van der Waals surface area contributed by atoms with Gasteiger partial charge in [0.1, 0.15) is 0 Å². The molecular weight excluding hydrogens is 607 g/mol. The molecule has 10 rings (SSSR count). The van der Waals surface area contributed by atoms with E-state index in [1.54, 1.807) is 0 Å². The Bertz CT molecular complexity index is 2720. The minimum atomic E-state index is -0.150. The predicted octanol–water partition coefficient (Wildman–Crippen LogP) is 12.0. The minimum absolute atomic E-state index is 0.150. The Morgan fingerprint density at radius 2 is 1.10 bits per heavy atom. The zero-order valence-corrected chi connectivity index (χ0v) is 27.9. The largest absolute Gasteiger partial charge is 0.309 e. The highest BCUT2D eigenvalue weighted by Crippen LogP contribution is 2.53. The maximum atomic E-state index is 5.14. The quantitative estimate of drug-likeness (QED) is 0.192. The van der Waals surface area contributed by atoms with Crippen LogP contribution >= 0.6 is 0 Å². The van der Waals surface area contributed by atoms with Crippen molar-refractivity contribution in [2.75, 3.05) is 0 Å². The van der Waals surface area contributed by atoms with Crippen LogP contribution in [-0.4, -0.2) is 14.5 Å². The topological polar surface area (TPSA) is 30.7 Å². The molecule has 1 aliphatic rings. The zero-order valence-electron chi connectivity index (χ0n) is 27.9. The van der Waals surface area contributed by atoms with Gasteiger partial charge in [-0.15, -0.1) is 0 Å². The average molecular weight is 640 g/mol. The molecule has 0 bridgehead atoms. The van der Waals surface area contributed by atoms with Gasteiger partial charge in [-0.25, -0.2) is 9.97 Å². The first-order valence-electron chi connectivity index (χ1n) is 17.3. The highest BCUT2D eigenvalue weighted by Gasteiger charge is 2.37. The van der Waals surface area contributed by atoms with Crippen molar-refractivity contribution in [2.24, 2.45) is 0 Å². The molecule has 0 N–H and O–H groups in total. The molecule has 236 valence electrons. The summed E-state index contributed by atoms with van der Waals surface area (Å²) in [5.74, 6) is 0.706. The third-order valence-electron chi connectivity index (χ3n) is 10.6. The molecule has 1 aliphatic carbocycles. The maximum absolute atomic E-state index is 5.14. The molecule has 0 unspecified atom stereocenters. The third-order valence-corrected chi connectivity index (χ3v) is 10.6. The van der Waals surface area contributed by atoms with Crippen molar-refractivity contribution >= 4 is 32.6 Å². The van der Waals surface area contributed by atoms with Gasteiger partial charge < -0.3 is 4.57 Å². The molecular formula is C47H33N3. The van der Waals surface area contributed by atoms with Crippen LogP contribution < -0.4 is 0 Å². The number of hydrogen-bond donors (Lipinski definition) is 0. The Labute approximate surface area is 291 Å². The normalized spacial score (nSPS) is 13.2. The van der Waals surface area contributed by atoms with Gasteiger partial charge in [0, 0.05) is 38.6 Å².